The van der Waals surface area contributed by atoms with Gasteiger partial charge in [-0.05, 0) is 92.9 Å². The van der Waals surface area contributed by atoms with Gasteiger partial charge in [-0.1, -0.05) is 12.1 Å². The van der Waals surface area contributed by atoms with Gasteiger partial charge in [0.1, 0.15) is 11.8 Å². The Labute approximate surface area is 174 Å². The summed E-state index contributed by atoms with van der Waals surface area (Å²) in [6.45, 7) is 0.725. The number of nitrogens with zero attached hydrogens (tertiary/aromatic N) is 1. The Balaban J connectivity index is 1.37. The third kappa shape index (κ3) is 7.02. The van der Waals surface area contributed by atoms with Gasteiger partial charge in [0.05, 0.1) is 6.10 Å². The maximum atomic E-state index is 13.1. The average Bonchev–Trinajstić information content (AvgIpc) is 2.73. The molecule has 0 bridgehead atoms. The van der Waals surface area contributed by atoms with E-state index >= 15 is 0 Å². The highest BCUT2D eigenvalue weighted by molar-refractivity contribution is 5.29. The predicted molar refractivity (Wildman–Crippen MR) is 104 cm³/mol. The quantitative estimate of drug-likeness (QED) is 0.371. The van der Waals surface area contributed by atoms with Crippen molar-refractivity contribution in [1.29, 1.82) is 5.26 Å². The van der Waals surface area contributed by atoms with E-state index in [1.165, 1.54) is 24.3 Å². The number of ether oxygens (including phenoxy) is 2. The van der Waals surface area contributed by atoms with E-state index in [4.69, 9.17) is 10.00 Å². The Morgan fingerprint density at radius 2 is 1.63 bits per heavy atom. The molecule has 2 aliphatic carbocycles. The van der Waals surface area contributed by atoms with Gasteiger partial charge in [-0.25, -0.2) is 0 Å². The molecule has 7 heteroatoms. The summed E-state index contributed by atoms with van der Waals surface area (Å²) in [6, 6.07) is 7.75. The number of alkyl halides is 3. The molecule has 0 saturated heterocycles. The number of nitriles is 1. The van der Waals surface area contributed by atoms with Crippen molar-refractivity contribution in [2.75, 3.05) is 6.61 Å². The predicted octanol–water partition coefficient (Wildman–Crippen LogP) is 6.81. The zero-order valence-corrected chi connectivity index (χ0v) is 16.8. The van der Waals surface area contributed by atoms with Crippen molar-refractivity contribution in [3.8, 4) is 11.8 Å². The van der Waals surface area contributed by atoms with Crippen molar-refractivity contribution in [2.24, 2.45) is 11.8 Å². The molecule has 0 spiro atoms. The standard InChI is InChI=1S/C23H27F4NO2/c24-20(14-28)13-16-3-9-21(10-4-16)29-15-17-1-5-18(6-2-17)19-7-11-22(12-8-19)30-23(25,26)27/h7-8,11-13,16-18,21H,1-6,9-10,15H2/b20-13-/t16-,17-,18-,21-. The summed E-state index contributed by atoms with van der Waals surface area (Å²) >= 11 is 0. The number of benzene rings is 1. The first-order chi connectivity index (χ1) is 14.3. The lowest BCUT2D eigenvalue weighted by Gasteiger charge is -2.32. The smallest absolute Gasteiger partial charge is 0.406 e. The summed E-state index contributed by atoms with van der Waals surface area (Å²) in [7, 11) is 0. The fraction of sp³-hybridized carbons (Fsp3) is 0.609. The second kappa shape index (κ2) is 10.3. The Hall–Kier alpha value is -2.07. The molecule has 2 fully saturated rings. The third-order valence-electron chi connectivity index (χ3n) is 6.21. The van der Waals surface area contributed by atoms with Crippen LogP contribution in [0.15, 0.2) is 36.2 Å². The van der Waals surface area contributed by atoms with Crippen LogP contribution >= 0.6 is 0 Å². The van der Waals surface area contributed by atoms with Crippen LogP contribution in [-0.4, -0.2) is 19.1 Å². The van der Waals surface area contributed by atoms with Crippen molar-refractivity contribution >= 4 is 0 Å². The van der Waals surface area contributed by atoms with E-state index in [1.807, 2.05) is 0 Å². The van der Waals surface area contributed by atoms with E-state index in [0.29, 0.717) is 11.8 Å². The van der Waals surface area contributed by atoms with E-state index in [-0.39, 0.29) is 17.8 Å². The number of rotatable bonds is 6. The van der Waals surface area contributed by atoms with Crippen LogP contribution in [0.3, 0.4) is 0 Å². The van der Waals surface area contributed by atoms with Crippen molar-refractivity contribution < 1.29 is 27.0 Å². The molecule has 3 rings (SSSR count). The van der Waals surface area contributed by atoms with Gasteiger partial charge < -0.3 is 9.47 Å². The largest absolute Gasteiger partial charge is 0.573 e. The summed E-state index contributed by atoms with van der Waals surface area (Å²) in [5, 5.41) is 8.53. The summed E-state index contributed by atoms with van der Waals surface area (Å²) < 4.78 is 59.9. The minimum absolute atomic E-state index is 0.132. The minimum Gasteiger partial charge on any atom is -0.406 e. The number of hydrogen-bond donors (Lipinski definition) is 0. The van der Waals surface area contributed by atoms with Gasteiger partial charge >= 0.3 is 6.36 Å². The normalized spacial score (nSPS) is 28.0. The lowest BCUT2D eigenvalue weighted by Crippen LogP contribution is -2.25. The van der Waals surface area contributed by atoms with Crippen LogP contribution in [-0.2, 0) is 4.74 Å². The first kappa shape index (κ1) is 22.6. The van der Waals surface area contributed by atoms with Crippen LogP contribution in [0, 0.1) is 23.2 Å². The Kier molecular flexibility index (Phi) is 7.76. The molecule has 3 nitrogen and oxygen atoms in total. The van der Waals surface area contributed by atoms with Crippen LogP contribution in [0.1, 0.15) is 62.8 Å². The first-order valence-electron chi connectivity index (χ1n) is 10.6. The zero-order chi connectivity index (χ0) is 21.6. The maximum absolute atomic E-state index is 13.1. The van der Waals surface area contributed by atoms with Crippen LogP contribution in [0.25, 0.3) is 0 Å². The Bertz CT molecular complexity index is 738. The highest BCUT2D eigenvalue weighted by Crippen LogP contribution is 2.37. The summed E-state index contributed by atoms with van der Waals surface area (Å²) in [4.78, 5) is 0. The van der Waals surface area contributed by atoms with E-state index in [2.05, 4.69) is 4.74 Å². The van der Waals surface area contributed by atoms with Crippen LogP contribution in [0.2, 0.25) is 0 Å². The van der Waals surface area contributed by atoms with Gasteiger partial charge in [0.15, 0.2) is 5.83 Å². The van der Waals surface area contributed by atoms with Gasteiger partial charge in [0, 0.05) is 6.61 Å². The molecule has 0 amide bonds. The molecule has 0 unspecified atom stereocenters. The van der Waals surface area contributed by atoms with Crippen molar-refractivity contribution in [3.05, 3.63) is 41.7 Å². The number of halogens is 4. The molecule has 0 N–H and O–H groups in total. The van der Waals surface area contributed by atoms with Crippen molar-refractivity contribution in [1.82, 2.24) is 0 Å². The second-order valence-electron chi connectivity index (χ2n) is 8.33. The maximum Gasteiger partial charge on any atom is 0.573 e. The van der Waals surface area contributed by atoms with Crippen LogP contribution in [0.4, 0.5) is 17.6 Å². The lowest BCUT2D eigenvalue weighted by molar-refractivity contribution is -0.274. The summed E-state index contributed by atoms with van der Waals surface area (Å²) in [5.74, 6) is 0.113. The number of hydrogen-bond acceptors (Lipinski definition) is 3. The SMILES string of the molecule is N#C/C(F)=C/[C@H]1CC[C@H](OC[C@H]2CC[C@H](c3ccc(OC(F)(F)F)cc3)CC2)CC1. The fourth-order valence-electron chi connectivity index (χ4n) is 4.54. The lowest BCUT2D eigenvalue weighted by atomic mass is 9.79. The molecule has 30 heavy (non-hydrogen) atoms. The van der Waals surface area contributed by atoms with Gasteiger partial charge in [0.25, 0.3) is 0 Å². The second-order valence-corrected chi connectivity index (χ2v) is 8.33. The molecule has 1 aromatic carbocycles. The van der Waals surface area contributed by atoms with Gasteiger partial charge in [-0.3, -0.25) is 0 Å². The van der Waals surface area contributed by atoms with Crippen molar-refractivity contribution in [2.45, 2.75) is 69.8 Å². The Morgan fingerprint density at radius 3 is 2.20 bits per heavy atom. The van der Waals surface area contributed by atoms with E-state index in [9.17, 15) is 17.6 Å². The molecule has 0 radical (unpaired) electrons. The molecule has 2 aliphatic rings. The molecule has 0 heterocycles. The van der Waals surface area contributed by atoms with Crippen LogP contribution in [0.5, 0.6) is 5.75 Å². The molecule has 0 atom stereocenters. The highest BCUT2D eigenvalue weighted by atomic mass is 19.4. The number of allylic oxidation sites excluding steroid dienone is 2. The van der Waals surface area contributed by atoms with Crippen LogP contribution < -0.4 is 4.74 Å². The summed E-state index contributed by atoms with van der Waals surface area (Å²) in [5.41, 5.74) is 1.06. The van der Waals surface area contributed by atoms with Gasteiger partial charge in [-0.15, -0.1) is 13.2 Å². The average molecular weight is 425 g/mol. The molecule has 0 aromatic heterocycles. The molecule has 2 saturated carbocycles. The zero-order valence-electron chi connectivity index (χ0n) is 16.8. The topological polar surface area (TPSA) is 42.2 Å². The fourth-order valence-corrected chi connectivity index (χ4v) is 4.54. The van der Waals surface area contributed by atoms with Gasteiger partial charge in [-0.2, -0.15) is 9.65 Å². The molecular weight excluding hydrogens is 398 g/mol. The monoisotopic (exact) mass is 425 g/mol. The van der Waals surface area contributed by atoms with Gasteiger partial charge in [0.2, 0.25) is 0 Å². The molecule has 1 aromatic rings. The molecule has 164 valence electrons. The Morgan fingerprint density at radius 1 is 1.00 bits per heavy atom. The highest BCUT2D eigenvalue weighted by Gasteiger charge is 2.31. The van der Waals surface area contributed by atoms with E-state index < -0.39 is 12.2 Å². The first-order valence-corrected chi connectivity index (χ1v) is 10.6. The molecule has 0 aliphatic heterocycles. The summed E-state index contributed by atoms with van der Waals surface area (Å²) in [6.07, 6.45) is 4.52. The van der Waals surface area contributed by atoms with E-state index in [0.717, 1.165) is 63.5 Å². The minimum atomic E-state index is -4.66. The third-order valence-corrected chi connectivity index (χ3v) is 6.21. The van der Waals surface area contributed by atoms with E-state index in [1.54, 1.807) is 12.1 Å². The molecular formula is C23H27F4NO2. The van der Waals surface area contributed by atoms with Crippen molar-refractivity contribution in [3.63, 3.8) is 0 Å².